The number of fused-ring (bicyclic) bond motifs is 2. The summed E-state index contributed by atoms with van der Waals surface area (Å²) in [7, 11) is 3.16. The molecule has 0 spiro atoms. The third-order valence-corrected chi connectivity index (χ3v) is 7.36. The molecule has 2 heterocycles. The van der Waals surface area contributed by atoms with Crippen molar-refractivity contribution in [1.82, 2.24) is 0 Å². The molecule has 2 aliphatic rings. The topological polar surface area (TPSA) is 81.7 Å². The Morgan fingerprint density at radius 3 is 2.37 bits per heavy atom. The Hall–Kier alpha value is -3.33. The Bertz CT molecular complexity index is 1230. The molecule has 0 amide bonds. The third-order valence-electron chi connectivity index (χ3n) is 7.36. The first-order valence-corrected chi connectivity index (χ1v) is 14.1. The summed E-state index contributed by atoms with van der Waals surface area (Å²) in [6.07, 6.45) is 8.05. The maximum atomic E-state index is 13.6. The number of carbonyl (C=O) groups excluding carboxylic acids is 1. The monoisotopic (exact) mass is 566 g/mol. The molecule has 0 saturated carbocycles. The zero-order valence-corrected chi connectivity index (χ0v) is 25.0. The molecule has 2 aromatic carbocycles. The molecule has 0 radical (unpaired) electrons. The molecule has 8 heteroatoms. The van der Waals surface area contributed by atoms with Crippen LogP contribution in [-0.4, -0.2) is 51.1 Å². The zero-order valence-electron chi connectivity index (χ0n) is 25.0. The number of benzene rings is 2. The third kappa shape index (κ3) is 7.91. The molecule has 41 heavy (non-hydrogen) atoms. The number of ether oxygens (including phenoxy) is 7. The van der Waals surface area contributed by atoms with Crippen molar-refractivity contribution in [1.29, 1.82) is 0 Å². The number of methoxy groups -OCH3 is 2. The van der Waals surface area contributed by atoms with Gasteiger partial charge in [-0.15, -0.1) is 0 Å². The molecule has 0 bridgehead atoms. The Balaban J connectivity index is 1.71. The molecule has 222 valence electrons. The molecule has 1 fully saturated rings. The predicted molar refractivity (Wildman–Crippen MR) is 156 cm³/mol. The van der Waals surface area contributed by atoms with Gasteiger partial charge in [-0.05, 0) is 56.5 Å². The van der Waals surface area contributed by atoms with E-state index in [4.69, 9.17) is 33.2 Å². The summed E-state index contributed by atoms with van der Waals surface area (Å²) in [5.41, 5.74) is 1.89. The summed E-state index contributed by atoms with van der Waals surface area (Å²) in [6, 6.07) is 11.2. The molecule has 1 saturated heterocycles. The van der Waals surface area contributed by atoms with Crippen molar-refractivity contribution in [3.05, 3.63) is 71.3 Å². The largest absolute Gasteiger partial charge is 0.497 e. The van der Waals surface area contributed by atoms with E-state index in [1.807, 2.05) is 70.2 Å². The van der Waals surface area contributed by atoms with Gasteiger partial charge < -0.3 is 33.2 Å². The van der Waals surface area contributed by atoms with Crippen LogP contribution in [0, 0.1) is 11.8 Å². The first-order chi connectivity index (χ1) is 19.6. The van der Waals surface area contributed by atoms with E-state index in [0.29, 0.717) is 35.7 Å². The quantitative estimate of drug-likeness (QED) is 0.212. The summed E-state index contributed by atoms with van der Waals surface area (Å²) in [6.45, 7) is 10.2. The maximum absolute atomic E-state index is 13.6. The zero-order chi connectivity index (χ0) is 29.6. The van der Waals surface area contributed by atoms with Crippen LogP contribution in [0.4, 0.5) is 0 Å². The summed E-state index contributed by atoms with van der Waals surface area (Å²) in [4.78, 5) is 13.6. The van der Waals surface area contributed by atoms with Gasteiger partial charge in [0, 0.05) is 25.0 Å². The Morgan fingerprint density at radius 1 is 0.927 bits per heavy atom. The van der Waals surface area contributed by atoms with Crippen LogP contribution < -0.4 is 14.2 Å². The van der Waals surface area contributed by atoms with Crippen molar-refractivity contribution < 1.29 is 38.0 Å². The average Bonchev–Trinajstić information content (AvgIpc) is 3.27. The van der Waals surface area contributed by atoms with Crippen LogP contribution in [0.2, 0.25) is 0 Å². The summed E-state index contributed by atoms with van der Waals surface area (Å²) in [5.74, 6) is 0.569. The van der Waals surface area contributed by atoms with Crippen molar-refractivity contribution >= 4 is 12.0 Å². The van der Waals surface area contributed by atoms with Gasteiger partial charge in [0.25, 0.3) is 0 Å². The number of carbonyl (C=O) groups is 1. The second kappa shape index (κ2) is 13.6. The van der Waals surface area contributed by atoms with Gasteiger partial charge in [0.1, 0.15) is 35.5 Å². The predicted octanol–water partition coefficient (Wildman–Crippen LogP) is 6.57. The van der Waals surface area contributed by atoms with Gasteiger partial charge >= 0.3 is 5.97 Å². The van der Waals surface area contributed by atoms with Crippen molar-refractivity contribution in [2.24, 2.45) is 11.8 Å². The van der Waals surface area contributed by atoms with Crippen LogP contribution in [0.25, 0.3) is 6.08 Å². The molecule has 2 aliphatic heterocycles. The smallest absolute Gasteiger partial charge is 0.342 e. The van der Waals surface area contributed by atoms with E-state index in [1.165, 1.54) is 7.11 Å². The molecule has 1 unspecified atom stereocenters. The highest BCUT2D eigenvalue weighted by Crippen LogP contribution is 2.36. The minimum atomic E-state index is -0.682. The molecular weight excluding hydrogens is 524 g/mol. The lowest BCUT2D eigenvalue weighted by atomic mass is 9.94. The molecule has 0 aliphatic carbocycles. The van der Waals surface area contributed by atoms with Gasteiger partial charge in [0.2, 0.25) is 0 Å². The lowest BCUT2D eigenvalue weighted by molar-refractivity contribution is -0.148. The highest BCUT2D eigenvalue weighted by atomic mass is 16.8. The average molecular weight is 567 g/mol. The van der Waals surface area contributed by atoms with Gasteiger partial charge in [-0.1, -0.05) is 50.3 Å². The molecule has 0 N–H and O–H groups in total. The lowest BCUT2D eigenvalue weighted by Crippen LogP contribution is -2.29. The van der Waals surface area contributed by atoms with Crippen LogP contribution in [0.15, 0.2) is 54.6 Å². The number of esters is 1. The minimum absolute atomic E-state index is 0.0208. The van der Waals surface area contributed by atoms with E-state index in [1.54, 1.807) is 13.2 Å². The minimum Gasteiger partial charge on any atom is -0.497 e. The lowest BCUT2D eigenvalue weighted by Gasteiger charge is -2.23. The molecule has 4 rings (SSSR count). The first-order valence-electron chi connectivity index (χ1n) is 14.1. The molecule has 2 aromatic rings. The maximum Gasteiger partial charge on any atom is 0.342 e. The molecular formula is C33H42O8. The molecule has 8 nitrogen and oxygen atoms in total. The van der Waals surface area contributed by atoms with E-state index < -0.39 is 11.8 Å². The summed E-state index contributed by atoms with van der Waals surface area (Å²) in [5, 5.41) is 0. The van der Waals surface area contributed by atoms with E-state index in [-0.39, 0.29) is 36.9 Å². The van der Waals surface area contributed by atoms with Crippen LogP contribution >= 0.6 is 0 Å². The van der Waals surface area contributed by atoms with Crippen molar-refractivity contribution in [2.45, 2.75) is 71.7 Å². The highest BCUT2D eigenvalue weighted by molar-refractivity contribution is 5.97. The number of hydrogen-bond acceptors (Lipinski definition) is 8. The van der Waals surface area contributed by atoms with Crippen LogP contribution in [-0.2, 0) is 25.6 Å². The standard InChI is InChI=1S/C33H42O8/c1-21-11-12-22(2)31-28(40-33(4,5)41-31)10-8-9-25-17-27(37-19-24-13-15-26(36-7)16-14-24)18-29(38-20-35-6)30(25)32(34)39-23(21)3/h8-9,11-18,21-23,28,31H,10,19-20H2,1-7H3/b9-8?,12-11-/t21-,22?,23+,28+,31-/m1/s1. The second-order valence-electron chi connectivity index (χ2n) is 11.1. The highest BCUT2D eigenvalue weighted by Gasteiger charge is 2.42. The Kier molecular flexibility index (Phi) is 10.1. The van der Waals surface area contributed by atoms with E-state index in [2.05, 4.69) is 19.1 Å². The van der Waals surface area contributed by atoms with Crippen LogP contribution in [0.1, 0.15) is 62.5 Å². The Labute approximate surface area is 243 Å². The number of hydrogen-bond donors (Lipinski definition) is 0. The van der Waals surface area contributed by atoms with E-state index >= 15 is 0 Å². The summed E-state index contributed by atoms with van der Waals surface area (Å²) >= 11 is 0. The second-order valence-corrected chi connectivity index (χ2v) is 11.1. The van der Waals surface area contributed by atoms with Gasteiger partial charge in [0.15, 0.2) is 12.6 Å². The van der Waals surface area contributed by atoms with Crippen molar-refractivity contribution in [3.63, 3.8) is 0 Å². The van der Waals surface area contributed by atoms with E-state index in [9.17, 15) is 4.79 Å². The fraction of sp³-hybridized carbons (Fsp3) is 0.485. The van der Waals surface area contributed by atoms with Gasteiger partial charge in [-0.3, -0.25) is 0 Å². The van der Waals surface area contributed by atoms with Gasteiger partial charge in [0.05, 0.1) is 19.3 Å². The number of cyclic esters (lactones) is 1. The first kappa shape index (κ1) is 30.6. The SMILES string of the molecule is COCOc1cc(OCc2ccc(OC)cc2)cc2c1C(=O)O[C@@H](C)[C@H](C)/C=C\C(C)[C@H]1OC(C)(C)O[C@H]1CC=C2. The number of rotatable bonds is 7. The van der Waals surface area contributed by atoms with Gasteiger partial charge in [-0.25, -0.2) is 4.79 Å². The fourth-order valence-electron chi connectivity index (χ4n) is 4.94. The van der Waals surface area contributed by atoms with Crippen LogP contribution in [0.3, 0.4) is 0 Å². The molecule has 0 aromatic heterocycles. The molecule has 5 atom stereocenters. The van der Waals surface area contributed by atoms with Gasteiger partial charge in [-0.2, -0.15) is 0 Å². The van der Waals surface area contributed by atoms with Crippen LogP contribution in [0.5, 0.6) is 17.2 Å². The van der Waals surface area contributed by atoms with Crippen molar-refractivity contribution in [2.75, 3.05) is 21.0 Å². The normalized spacial score (nSPS) is 26.7. The summed E-state index contributed by atoms with van der Waals surface area (Å²) < 4.78 is 40.9. The fourth-order valence-corrected chi connectivity index (χ4v) is 4.94. The van der Waals surface area contributed by atoms with Crippen molar-refractivity contribution in [3.8, 4) is 17.2 Å². The Morgan fingerprint density at radius 2 is 1.66 bits per heavy atom. The van der Waals surface area contributed by atoms with E-state index in [0.717, 1.165) is 11.3 Å².